The predicted octanol–water partition coefficient (Wildman–Crippen LogP) is 3.41. The molecule has 0 spiro atoms. The summed E-state index contributed by atoms with van der Waals surface area (Å²) in [6.45, 7) is 2.22. The molecule has 0 radical (unpaired) electrons. The van der Waals surface area contributed by atoms with Gasteiger partial charge in [-0.1, -0.05) is 19.4 Å². The molecular weight excluding hydrogens is 172 g/mol. The minimum atomic E-state index is 0.334. The summed E-state index contributed by atoms with van der Waals surface area (Å²) < 4.78 is 0. The molecule has 2 aliphatic rings. The normalized spacial score (nSPS) is 25.8. The first kappa shape index (κ1) is 9.70. The van der Waals surface area contributed by atoms with E-state index < -0.39 is 0 Å². The Hall–Kier alpha value is -0.850. The highest BCUT2D eigenvalue weighted by Gasteiger charge is 2.26. The van der Waals surface area contributed by atoms with Crippen LogP contribution in [0, 0.1) is 5.92 Å². The van der Waals surface area contributed by atoms with E-state index in [1.807, 2.05) is 6.08 Å². The molecule has 0 bridgehead atoms. The van der Waals surface area contributed by atoms with Crippen LogP contribution in [0.4, 0.5) is 0 Å². The fourth-order valence-corrected chi connectivity index (χ4v) is 2.45. The highest BCUT2D eigenvalue weighted by atomic mass is 16.1. The number of allylic oxidation sites excluding steroid dienone is 4. The van der Waals surface area contributed by atoms with Crippen molar-refractivity contribution in [3.63, 3.8) is 0 Å². The van der Waals surface area contributed by atoms with Gasteiger partial charge in [0.25, 0.3) is 0 Å². The third-order valence-electron chi connectivity index (χ3n) is 3.31. The molecule has 1 nitrogen and oxygen atoms in total. The van der Waals surface area contributed by atoms with Crippen LogP contribution >= 0.6 is 0 Å². The fraction of sp³-hybridized carbons (Fsp3) is 0.615. The van der Waals surface area contributed by atoms with Gasteiger partial charge in [-0.15, -0.1) is 0 Å². The number of unbranched alkanes of at least 4 members (excludes halogenated alkanes) is 1. The van der Waals surface area contributed by atoms with Gasteiger partial charge < -0.3 is 0 Å². The minimum absolute atomic E-state index is 0.334. The number of carbonyl (C=O) groups excluding carboxylic acids is 1. The van der Waals surface area contributed by atoms with Crippen LogP contribution in [0.2, 0.25) is 0 Å². The Morgan fingerprint density at radius 2 is 2.36 bits per heavy atom. The lowest BCUT2D eigenvalue weighted by atomic mass is 9.86. The molecule has 0 heterocycles. The van der Waals surface area contributed by atoms with Crippen molar-refractivity contribution in [1.82, 2.24) is 0 Å². The Morgan fingerprint density at radius 1 is 1.50 bits per heavy atom. The van der Waals surface area contributed by atoms with E-state index in [4.69, 9.17) is 0 Å². The molecule has 0 N–H and O–H groups in total. The van der Waals surface area contributed by atoms with Gasteiger partial charge in [0, 0.05) is 6.42 Å². The molecule has 14 heavy (non-hydrogen) atoms. The molecule has 1 unspecified atom stereocenters. The van der Waals surface area contributed by atoms with Gasteiger partial charge in [0.2, 0.25) is 0 Å². The molecule has 0 aromatic carbocycles. The molecule has 0 fully saturated rings. The number of rotatable bonds is 3. The lowest BCUT2D eigenvalue weighted by Crippen LogP contribution is -2.11. The number of ketones is 1. The van der Waals surface area contributed by atoms with E-state index in [9.17, 15) is 4.79 Å². The summed E-state index contributed by atoms with van der Waals surface area (Å²) in [5.41, 5.74) is 2.83. The van der Waals surface area contributed by atoms with Crippen LogP contribution < -0.4 is 0 Å². The van der Waals surface area contributed by atoms with Crippen molar-refractivity contribution in [3.8, 4) is 0 Å². The molecular formula is C13H18O. The van der Waals surface area contributed by atoms with E-state index in [0.29, 0.717) is 11.7 Å². The van der Waals surface area contributed by atoms with E-state index in [-0.39, 0.29) is 0 Å². The van der Waals surface area contributed by atoms with Gasteiger partial charge in [-0.25, -0.2) is 0 Å². The first-order chi connectivity index (χ1) is 6.81. The van der Waals surface area contributed by atoms with E-state index >= 15 is 0 Å². The molecule has 76 valence electrons. The van der Waals surface area contributed by atoms with Crippen molar-refractivity contribution in [3.05, 3.63) is 23.3 Å². The molecule has 2 rings (SSSR count). The number of hydrogen-bond acceptors (Lipinski definition) is 1. The van der Waals surface area contributed by atoms with Crippen LogP contribution in [0.25, 0.3) is 0 Å². The van der Waals surface area contributed by atoms with E-state index in [2.05, 4.69) is 13.0 Å². The highest BCUT2D eigenvalue weighted by molar-refractivity contribution is 5.92. The van der Waals surface area contributed by atoms with Crippen molar-refractivity contribution in [2.24, 2.45) is 5.92 Å². The van der Waals surface area contributed by atoms with Gasteiger partial charge in [0.15, 0.2) is 5.78 Å². The SMILES string of the molecule is CCCCC1=CCC2CCC(=O)C=C12. The molecule has 0 aromatic heterocycles. The van der Waals surface area contributed by atoms with Gasteiger partial charge in [-0.05, 0) is 48.8 Å². The minimum Gasteiger partial charge on any atom is -0.295 e. The summed E-state index contributed by atoms with van der Waals surface area (Å²) in [6, 6.07) is 0. The Balaban J connectivity index is 2.09. The quantitative estimate of drug-likeness (QED) is 0.666. The Kier molecular flexibility index (Phi) is 2.85. The van der Waals surface area contributed by atoms with Crippen molar-refractivity contribution in [1.29, 1.82) is 0 Å². The number of hydrogen-bond donors (Lipinski definition) is 0. The molecule has 2 aliphatic carbocycles. The van der Waals surface area contributed by atoms with Crippen molar-refractivity contribution in [2.75, 3.05) is 0 Å². The van der Waals surface area contributed by atoms with Crippen LogP contribution in [0.1, 0.15) is 45.4 Å². The average Bonchev–Trinajstić information content (AvgIpc) is 2.57. The maximum absolute atomic E-state index is 11.3. The number of carbonyl (C=O) groups is 1. The molecule has 1 heteroatoms. The van der Waals surface area contributed by atoms with Crippen molar-refractivity contribution < 1.29 is 4.79 Å². The second-order valence-electron chi connectivity index (χ2n) is 4.37. The van der Waals surface area contributed by atoms with Crippen molar-refractivity contribution >= 4 is 5.78 Å². The monoisotopic (exact) mass is 190 g/mol. The second-order valence-corrected chi connectivity index (χ2v) is 4.37. The van der Waals surface area contributed by atoms with Crippen LogP contribution in [0.15, 0.2) is 23.3 Å². The molecule has 0 saturated heterocycles. The number of fused-ring (bicyclic) bond motifs is 1. The molecule has 0 aromatic rings. The van der Waals surface area contributed by atoms with Crippen molar-refractivity contribution in [2.45, 2.75) is 45.4 Å². The predicted molar refractivity (Wildman–Crippen MR) is 58.0 cm³/mol. The first-order valence-corrected chi connectivity index (χ1v) is 5.75. The molecule has 0 aliphatic heterocycles. The molecule has 0 saturated carbocycles. The Labute approximate surface area is 85.9 Å². The summed E-state index contributed by atoms with van der Waals surface area (Å²) >= 11 is 0. The van der Waals surface area contributed by atoms with E-state index in [1.165, 1.54) is 36.8 Å². The van der Waals surface area contributed by atoms with Gasteiger partial charge in [0.1, 0.15) is 0 Å². The lowest BCUT2D eigenvalue weighted by Gasteiger charge is -2.18. The zero-order valence-electron chi connectivity index (χ0n) is 8.88. The summed E-state index contributed by atoms with van der Waals surface area (Å²) in [5, 5.41) is 0. The van der Waals surface area contributed by atoms with Gasteiger partial charge in [-0.2, -0.15) is 0 Å². The zero-order valence-corrected chi connectivity index (χ0v) is 8.88. The standard InChI is InChI=1S/C13H18O/c1-2-3-4-10-5-6-11-7-8-12(14)9-13(10)11/h5,9,11H,2-4,6-8H2,1H3. The third kappa shape index (κ3) is 1.82. The summed E-state index contributed by atoms with van der Waals surface area (Å²) in [7, 11) is 0. The van der Waals surface area contributed by atoms with Crippen LogP contribution in [-0.2, 0) is 4.79 Å². The third-order valence-corrected chi connectivity index (χ3v) is 3.31. The smallest absolute Gasteiger partial charge is 0.156 e. The second kappa shape index (κ2) is 4.12. The van der Waals surface area contributed by atoms with Gasteiger partial charge in [0.05, 0.1) is 0 Å². The first-order valence-electron chi connectivity index (χ1n) is 5.75. The van der Waals surface area contributed by atoms with Gasteiger partial charge in [-0.3, -0.25) is 4.79 Å². The average molecular weight is 190 g/mol. The Bertz CT molecular complexity index is 296. The summed E-state index contributed by atoms with van der Waals surface area (Å²) in [4.78, 5) is 11.3. The van der Waals surface area contributed by atoms with Crippen LogP contribution in [0.3, 0.4) is 0 Å². The molecule has 0 amide bonds. The highest BCUT2D eigenvalue weighted by Crippen LogP contribution is 2.39. The maximum atomic E-state index is 11.3. The van der Waals surface area contributed by atoms with Crippen LogP contribution in [-0.4, -0.2) is 5.78 Å². The fourth-order valence-electron chi connectivity index (χ4n) is 2.45. The van der Waals surface area contributed by atoms with E-state index in [1.54, 1.807) is 0 Å². The topological polar surface area (TPSA) is 17.1 Å². The van der Waals surface area contributed by atoms with E-state index in [0.717, 1.165) is 12.8 Å². The van der Waals surface area contributed by atoms with Crippen LogP contribution in [0.5, 0.6) is 0 Å². The summed E-state index contributed by atoms with van der Waals surface area (Å²) in [6.07, 6.45) is 10.9. The summed E-state index contributed by atoms with van der Waals surface area (Å²) in [5.74, 6) is 1.01. The van der Waals surface area contributed by atoms with Gasteiger partial charge >= 0.3 is 0 Å². The Morgan fingerprint density at radius 3 is 3.14 bits per heavy atom. The largest absolute Gasteiger partial charge is 0.295 e. The molecule has 1 atom stereocenters. The lowest BCUT2D eigenvalue weighted by molar-refractivity contribution is -0.115. The zero-order chi connectivity index (χ0) is 9.97. The maximum Gasteiger partial charge on any atom is 0.156 e.